The Morgan fingerprint density at radius 1 is 0.818 bits per heavy atom. The Bertz CT molecular complexity index is 1660. The van der Waals surface area contributed by atoms with Crippen molar-refractivity contribution in [3.05, 3.63) is 101 Å². The minimum atomic E-state index is -3.62. The number of fused-ring (bicyclic) bond motifs is 2. The largest absolute Gasteiger partial charge is 0.361 e. The fourth-order valence-electron chi connectivity index (χ4n) is 3.63. The molecule has 0 bridgehead atoms. The summed E-state index contributed by atoms with van der Waals surface area (Å²) < 4.78 is 26.6. The molecule has 0 aliphatic carbocycles. The zero-order valence-electron chi connectivity index (χ0n) is 18.1. The summed E-state index contributed by atoms with van der Waals surface area (Å²) in [6.07, 6.45) is 3.40. The van der Waals surface area contributed by atoms with Gasteiger partial charge in [0.1, 0.15) is 0 Å². The summed E-state index contributed by atoms with van der Waals surface area (Å²) in [5.74, 6) is 0. The maximum absolute atomic E-state index is 12.7. The molecule has 5 rings (SSSR count). The van der Waals surface area contributed by atoms with Crippen molar-refractivity contribution in [2.24, 2.45) is 0 Å². The van der Waals surface area contributed by atoms with Gasteiger partial charge in [0, 0.05) is 28.7 Å². The van der Waals surface area contributed by atoms with E-state index in [1.54, 1.807) is 55.5 Å². The molecular formula is C26H20N4O2S. The van der Waals surface area contributed by atoms with Crippen LogP contribution in [-0.2, 0) is 10.0 Å². The van der Waals surface area contributed by atoms with Gasteiger partial charge in [-0.15, -0.1) is 0 Å². The number of rotatable bonds is 2. The van der Waals surface area contributed by atoms with E-state index in [-0.39, 0.29) is 4.90 Å². The van der Waals surface area contributed by atoms with Crippen LogP contribution in [0.1, 0.15) is 22.3 Å². The monoisotopic (exact) mass is 452 g/mol. The van der Waals surface area contributed by atoms with Gasteiger partial charge in [-0.2, -0.15) is 10.5 Å². The van der Waals surface area contributed by atoms with Crippen LogP contribution in [0.3, 0.4) is 0 Å². The molecule has 0 radical (unpaired) electrons. The van der Waals surface area contributed by atoms with Gasteiger partial charge in [0.2, 0.25) is 0 Å². The van der Waals surface area contributed by atoms with Crippen LogP contribution in [0.15, 0.2) is 84.0 Å². The van der Waals surface area contributed by atoms with E-state index in [2.05, 4.69) is 17.1 Å². The van der Waals surface area contributed by atoms with Gasteiger partial charge >= 0.3 is 0 Å². The van der Waals surface area contributed by atoms with E-state index in [1.807, 2.05) is 31.3 Å². The van der Waals surface area contributed by atoms with E-state index in [9.17, 15) is 8.42 Å². The molecule has 6 nitrogen and oxygen atoms in total. The molecule has 5 aromatic rings. The SMILES string of the molecule is Cc1cc2[nH]ccc2cc1C#N.Cc1cc2c(ccn2S(=O)(=O)c2ccccc2)cc1C#N. The van der Waals surface area contributed by atoms with Gasteiger partial charge in [0.05, 0.1) is 33.7 Å². The van der Waals surface area contributed by atoms with E-state index in [1.165, 1.54) is 10.2 Å². The van der Waals surface area contributed by atoms with Crippen LogP contribution in [0.5, 0.6) is 0 Å². The quantitative estimate of drug-likeness (QED) is 0.387. The number of nitriles is 2. The van der Waals surface area contributed by atoms with E-state index < -0.39 is 10.0 Å². The highest BCUT2D eigenvalue weighted by Gasteiger charge is 2.19. The van der Waals surface area contributed by atoms with E-state index in [0.29, 0.717) is 11.1 Å². The minimum absolute atomic E-state index is 0.240. The molecule has 0 amide bonds. The second kappa shape index (κ2) is 8.66. The molecule has 7 heteroatoms. The lowest BCUT2D eigenvalue weighted by molar-refractivity contribution is 0.589. The van der Waals surface area contributed by atoms with Gasteiger partial charge in [-0.1, -0.05) is 18.2 Å². The topological polar surface area (TPSA) is 102 Å². The van der Waals surface area contributed by atoms with Crippen molar-refractivity contribution < 1.29 is 8.42 Å². The molecule has 0 saturated heterocycles. The Labute approximate surface area is 192 Å². The first-order chi connectivity index (χ1) is 15.8. The Morgan fingerprint density at radius 2 is 1.45 bits per heavy atom. The maximum atomic E-state index is 12.7. The maximum Gasteiger partial charge on any atom is 0.268 e. The first-order valence-electron chi connectivity index (χ1n) is 10.2. The lowest BCUT2D eigenvalue weighted by atomic mass is 10.1. The molecule has 0 aliphatic rings. The Hall–Kier alpha value is -4.33. The number of benzene rings is 3. The molecule has 0 atom stereocenters. The van der Waals surface area contributed by atoms with Crippen LogP contribution in [0, 0.1) is 36.5 Å². The number of nitrogens with zero attached hydrogens (tertiary/aromatic N) is 3. The zero-order chi connectivity index (χ0) is 23.6. The van der Waals surface area contributed by atoms with Crippen LogP contribution in [0.4, 0.5) is 0 Å². The van der Waals surface area contributed by atoms with Crippen LogP contribution in [0.25, 0.3) is 21.8 Å². The average molecular weight is 453 g/mol. The number of hydrogen-bond donors (Lipinski definition) is 1. The first-order valence-corrected chi connectivity index (χ1v) is 11.6. The van der Waals surface area contributed by atoms with E-state index in [4.69, 9.17) is 10.5 Å². The smallest absolute Gasteiger partial charge is 0.268 e. The lowest BCUT2D eigenvalue weighted by Crippen LogP contribution is -2.11. The van der Waals surface area contributed by atoms with Crippen LogP contribution in [0.2, 0.25) is 0 Å². The molecule has 162 valence electrons. The third-order valence-corrected chi connectivity index (χ3v) is 7.14. The standard InChI is InChI=1S/C16H12N2O2S.C10H8N2/c1-12-9-16-13(10-14(12)11-17)7-8-18(16)21(19,20)15-5-3-2-4-6-15;1-7-4-10-8(2-3-12-10)5-9(7)6-11/h2-10H,1H3;2-5,12H,1H3. The van der Waals surface area contributed by atoms with Gasteiger partial charge in [-0.05, 0) is 73.5 Å². The molecular weight excluding hydrogens is 432 g/mol. The predicted octanol–water partition coefficient (Wildman–Crippen LogP) is 5.41. The summed E-state index contributed by atoms with van der Waals surface area (Å²) in [6.45, 7) is 3.74. The lowest BCUT2D eigenvalue weighted by Gasteiger charge is -2.08. The minimum Gasteiger partial charge on any atom is -0.361 e. The third kappa shape index (κ3) is 4.10. The third-order valence-electron chi connectivity index (χ3n) is 5.44. The van der Waals surface area contributed by atoms with Crippen molar-refractivity contribution in [3.63, 3.8) is 0 Å². The second-order valence-electron chi connectivity index (χ2n) is 7.61. The van der Waals surface area contributed by atoms with Gasteiger partial charge in [0.15, 0.2) is 0 Å². The summed E-state index contributed by atoms with van der Waals surface area (Å²) in [4.78, 5) is 3.34. The highest BCUT2D eigenvalue weighted by Crippen LogP contribution is 2.25. The van der Waals surface area contributed by atoms with E-state index >= 15 is 0 Å². The van der Waals surface area contributed by atoms with E-state index in [0.717, 1.165) is 33.0 Å². The first kappa shape index (κ1) is 21.9. The van der Waals surface area contributed by atoms with Crippen LogP contribution in [-0.4, -0.2) is 17.4 Å². The number of H-pyrrole nitrogens is 1. The van der Waals surface area contributed by atoms with Crippen LogP contribution >= 0.6 is 0 Å². The molecule has 3 aromatic carbocycles. The molecule has 2 aromatic heterocycles. The Kier molecular flexibility index (Phi) is 5.74. The zero-order valence-corrected chi connectivity index (χ0v) is 18.9. The molecule has 0 aliphatic heterocycles. The Morgan fingerprint density at radius 3 is 2.12 bits per heavy atom. The molecule has 0 spiro atoms. The van der Waals surface area contributed by atoms with Crippen molar-refractivity contribution in [2.45, 2.75) is 18.7 Å². The highest BCUT2D eigenvalue weighted by molar-refractivity contribution is 7.90. The summed E-state index contributed by atoms with van der Waals surface area (Å²) in [5.41, 5.74) is 4.75. The normalized spacial score (nSPS) is 10.9. The molecule has 2 heterocycles. The highest BCUT2D eigenvalue weighted by atomic mass is 32.2. The summed E-state index contributed by atoms with van der Waals surface area (Å²) in [7, 11) is -3.62. The molecule has 0 fully saturated rings. The van der Waals surface area contributed by atoms with Gasteiger partial charge in [-0.25, -0.2) is 12.4 Å². The van der Waals surface area contributed by atoms with Gasteiger partial charge in [-0.3, -0.25) is 0 Å². The molecule has 1 N–H and O–H groups in total. The summed E-state index contributed by atoms with van der Waals surface area (Å²) in [5, 5.41) is 19.6. The molecule has 0 unspecified atom stereocenters. The number of aryl methyl sites for hydroxylation is 2. The average Bonchev–Trinajstić information content (AvgIpc) is 3.45. The Balaban J connectivity index is 0.000000183. The number of aromatic nitrogens is 2. The fraction of sp³-hybridized carbons (Fsp3) is 0.0769. The predicted molar refractivity (Wildman–Crippen MR) is 128 cm³/mol. The molecule has 33 heavy (non-hydrogen) atoms. The number of aromatic amines is 1. The van der Waals surface area contributed by atoms with Crippen molar-refractivity contribution in [3.8, 4) is 12.1 Å². The second-order valence-corrected chi connectivity index (χ2v) is 9.43. The van der Waals surface area contributed by atoms with Crippen molar-refractivity contribution >= 4 is 31.8 Å². The fourth-order valence-corrected chi connectivity index (χ4v) is 4.99. The van der Waals surface area contributed by atoms with Gasteiger partial charge < -0.3 is 4.98 Å². The summed E-state index contributed by atoms with van der Waals surface area (Å²) in [6, 6.07) is 23.6. The van der Waals surface area contributed by atoms with Crippen molar-refractivity contribution in [2.75, 3.05) is 0 Å². The molecule has 0 saturated carbocycles. The van der Waals surface area contributed by atoms with Crippen LogP contribution < -0.4 is 0 Å². The summed E-state index contributed by atoms with van der Waals surface area (Å²) >= 11 is 0. The van der Waals surface area contributed by atoms with Crippen molar-refractivity contribution in [1.82, 2.24) is 8.96 Å². The number of hydrogen-bond acceptors (Lipinski definition) is 4. The number of nitrogens with one attached hydrogen (secondary N) is 1. The van der Waals surface area contributed by atoms with Gasteiger partial charge in [0.25, 0.3) is 10.0 Å². The van der Waals surface area contributed by atoms with Crippen molar-refractivity contribution in [1.29, 1.82) is 10.5 Å².